The number of rotatable bonds is 0. The summed E-state index contributed by atoms with van der Waals surface area (Å²) < 4.78 is 31.7. The van der Waals surface area contributed by atoms with E-state index in [1.54, 1.807) is 6.92 Å². The van der Waals surface area contributed by atoms with E-state index in [-0.39, 0.29) is 0 Å². The number of hydrogen-bond donors (Lipinski definition) is 3. The number of carbonyl (C=O) groups is 1. The van der Waals surface area contributed by atoms with E-state index in [0.29, 0.717) is 4.99 Å². The van der Waals surface area contributed by atoms with E-state index < -0.39 is 12.1 Å². The normalized spacial score (nSPS) is 9.42. The van der Waals surface area contributed by atoms with Gasteiger partial charge in [0.2, 0.25) is 0 Å². The highest BCUT2D eigenvalue weighted by Gasteiger charge is 2.38. The van der Waals surface area contributed by atoms with Crippen molar-refractivity contribution >= 4 is 23.2 Å². The smallest absolute Gasteiger partial charge is 0.475 e. The van der Waals surface area contributed by atoms with Crippen LogP contribution >= 0.6 is 12.2 Å². The Morgan fingerprint density at radius 1 is 1.58 bits per heavy atom. The van der Waals surface area contributed by atoms with Crippen molar-refractivity contribution in [3.8, 4) is 0 Å². The van der Waals surface area contributed by atoms with E-state index in [9.17, 15) is 13.2 Å². The monoisotopic (exact) mass is 204 g/mol. The minimum absolute atomic E-state index is 0.616. The fraction of sp³-hybridized carbons (Fsp3) is 0.500. The molecule has 0 aliphatic carbocycles. The Labute approximate surface area is 71.5 Å². The Bertz CT molecular complexity index is 170. The van der Waals surface area contributed by atoms with Gasteiger partial charge < -0.3 is 10.5 Å². The van der Waals surface area contributed by atoms with Gasteiger partial charge in [-0.1, -0.05) is 12.2 Å². The number of hydrogen-bond acceptors (Lipinski definition) is 3. The Balaban J connectivity index is 0. The molecule has 0 saturated heterocycles. The number of alkyl halides is 3. The molecule has 0 aliphatic rings. The van der Waals surface area contributed by atoms with Gasteiger partial charge >= 0.3 is 12.1 Å². The van der Waals surface area contributed by atoms with Crippen molar-refractivity contribution in [2.75, 3.05) is 0 Å². The number of hydrazine groups is 1. The Kier molecular flexibility index (Phi) is 6.52. The summed E-state index contributed by atoms with van der Waals surface area (Å²) in [5, 5.41) is 7.12. The molecule has 72 valence electrons. The van der Waals surface area contributed by atoms with Crippen molar-refractivity contribution in [2.45, 2.75) is 13.1 Å². The summed E-state index contributed by atoms with van der Waals surface area (Å²) >= 11 is 4.46. The second-order valence-electron chi connectivity index (χ2n) is 1.50. The van der Waals surface area contributed by atoms with Crippen molar-refractivity contribution in [1.82, 2.24) is 5.43 Å². The van der Waals surface area contributed by atoms with E-state index in [1.807, 2.05) is 0 Å². The van der Waals surface area contributed by atoms with Gasteiger partial charge in [0, 0.05) is 0 Å². The molecule has 8 heteroatoms. The molecule has 4 nitrogen and oxygen atoms in total. The molecular weight excluding hydrogens is 197 g/mol. The summed E-state index contributed by atoms with van der Waals surface area (Å²) in [6.07, 6.45) is -5.08. The molecule has 0 fully saturated rings. The summed E-state index contributed by atoms with van der Waals surface area (Å²) in [5.74, 6) is 2.02. The maximum absolute atomic E-state index is 10.6. The van der Waals surface area contributed by atoms with E-state index in [1.165, 1.54) is 0 Å². The van der Waals surface area contributed by atoms with Crippen molar-refractivity contribution in [2.24, 2.45) is 5.84 Å². The first-order valence-corrected chi connectivity index (χ1v) is 2.90. The third-order valence-electron chi connectivity index (χ3n) is 0.446. The average molecular weight is 204 g/mol. The lowest BCUT2D eigenvalue weighted by molar-refractivity contribution is -0.192. The molecule has 0 bridgehead atoms. The van der Waals surface area contributed by atoms with Gasteiger partial charge in [0.15, 0.2) is 0 Å². The molecule has 0 amide bonds. The fourth-order valence-corrected chi connectivity index (χ4v) is 0. The molecule has 4 N–H and O–H groups in total. The highest BCUT2D eigenvalue weighted by molar-refractivity contribution is 7.80. The maximum atomic E-state index is 10.6. The predicted molar refractivity (Wildman–Crippen MR) is 39.3 cm³/mol. The van der Waals surface area contributed by atoms with Crippen molar-refractivity contribution in [1.29, 1.82) is 0 Å². The van der Waals surface area contributed by atoms with Crippen LogP contribution in [0.4, 0.5) is 13.2 Å². The Morgan fingerprint density at radius 3 is 1.75 bits per heavy atom. The summed E-state index contributed by atoms with van der Waals surface area (Å²) in [4.78, 5) is 9.51. The maximum Gasteiger partial charge on any atom is 0.490 e. The summed E-state index contributed by atoms with van der Waals surface area (Å²) in [5.41, 5.74) is 2.26. The zero-order valence-electron chi connectivity index (χ0n) is 5.97. The molecule has 0 aromatic carbocycles. The second-order valence-corrected chi connectivity index (χ2v) is 2.12. The first kappa shape index (κ1) is 13.7. The summed E-state index contributed by atoms with van der Waals surface area (Å²) in [6, 6.07) is 0. The average Bonchev–Trinajstić information content (AvgIpc) is 1.87. The van der Waals surface area contributed by atoms with Crippen LogP contribution in [0, 0.1) is 0 Å². The zero-order chi connectivity index (χ0) is 10.4. The molecule has 0 aromatic heterocycles. The van der Waals surface area contributed by atoms with Gasteiger partial charge in [-0.3, -0.25) is 5.84 Å². The van der Waals surface area contributed by atoms with Gasteiger partial charge in [0.25, 0.3) is 0 Å². The first-order valence-electron chi connectivity index (χ1n) is 2.49. The Morgan fingerprint density at radius 2 is 1.75 bits per heavy atom. The standard InChI is InChI=1S/C2HF3O2.C2H6N2S/c3-2(4,5)1(6)7;1-2(5)4-3/h(H,6,7);3H2,1H3,(H,4,5). The quantitative estimate of drug-likeness (QED) is 0.303. The van der Waals surface area contributed by atoms with Crippen LogP contribution in [-0.4, -0.2) is 22.2 Å². The van der Waals surface area contributed by atoms with Gasteiger partial charge in [-0.05, 0) is 6.92 Å². The highest BCUT2D eigenvalue weighted by atomic mass is 32.1. The van der Waals surface area contributed by atoms with E-state index in [2.05, 4.69) is 17.6 Å². The summed E-state index contributed by atoms with van der Waals surface area (Å²) in [6.45, 7) is 1.72. The van der Waals surface area contributed by atoms with Gasteiger partial charge in [-0.2, -0.15) is 13.2 Å². The van der Waals surface area contributed by atoms with Crippen LogP contribution in [0.1, 0.15) is 6.92 Å². The SMILES string of the molecule is CC(=S)NN.O=C(O)C(F)(F)F. The molecule has 0 unspecified atom stereocenters. The molecule has 0 radical (unpaired) electrons. The molecule has 0 heterocycles. The van der Waals surface area contributed by atoms with E-state index in [0.717, 1.165) is 0 Å². The van der Waals surface area contributed by atoms with Gasteiger partial charge in [0.1, 0.15) is 0 Å². The number of halogens is 3. The lowest BCUT2D eigenvalue weighted by Crippen LogP contribution is -2.25. The molecule has 0 saturated carbocycles. The van der Waals surface area contributed by atoms with Gasteiger partial charge in [-0.15, -0.1) is 0 Å². The third-order valence-corrected chi connectivity index (χ3v) is 0.564. The molecule has 0 aliphatic heterocycles. The largest absolute Gasteiger partial charge is 0.490 e. The zero-order valence-corrected chi connectivity index (χ0v) is 6.79. The molecule has 12 heavy (non-hydrogen) atoms. The van der Waals surface area contributed by atoms with Crippen LogP contribution in [0.15, 0.2) is 0 Å². The first-order chi connectivity index (χ1) is 5.21. The minimum atomic E-state index is -5.08. The second kappa shape index (κ2) is 5.72. The van der Waals surface area contributed by atoms with Crippen molar-refractivity contribution in [3.63, 3.8) is 0 Å². The molecular formula is C4H7F3N2O2S. The topological polar surface area (TPSA) is 75.3 Å². The lowest BCUT2D eigenvalue weighted by atomic mass is 10.7. The third kappa shape index (κ3) is 11.9. The van der Waals surface area contributed by atoms with Crippen LogP contribution < -0.4 is 11.3 Å². The minimum Gasteiger partial charge on any atom is -0.475 e. The van der Waals surface area contributed by atoms with E-state index in [4.69, 9.17) is 15.7 Å². The molecule has 0 aromatic rings. The molecule has 0 atom stereocenters. The van der Waals surface area contributed by atoms with Crippen LogP contribution in [-0.2, 0) is 4.79 Å². The number of carboxylic acid groups (broad SMARTS) is 1. The highest BCUT2D eigenvalue weighted by Crippen LogP contribution is 2.13. The number of nitrogens with one attached hydrogen (secondary N) is 1. The lowest BCUT2D eigenvalue weighted by Gasteiger charge is -1.93. The fourth-order valence-electron chi connectivity index (χ4n) is 0. The Hall–Kier alpha value is -0.890. The van der Waals surface area contributed by atoms with Crippen LogP contribution in [0.2, 0.25) is 0 Å². The molecule has 0 rings (SSSR count). The predicted octanol–water partition coefficient (Wildman–Crippen LogP) is 0.430. The summed E-state index contributed by atoms with van der Waals surface area (Å²) in [7, 11) is 0. The van der Waals surface area contributed by atoms with Gasteiger partial charge in [-0.25, -0.2) is 4.79 Å². The number of aliphatic carboxylic acids is 1. The van der Waals surface area contributed by atoms with Crippen LogP contribution in [0.5, 0.6) is 0 Å². The van der Waals surface area contributed by atoms with Crippen molar-refractivity contribution < 1.29 is 23.1 Å². The molecule has 0 spiro atoms. The number of carboxylic acids is 1. The number of nitrogens with two attached hydrogens (primary N) is 1. The van der Waals surface area contributed by atoms with Crippen LogP contribution in [0.25, 0.3) is 0 Å². The van der Waals surface area contributed by atoms with Crippen molar-refractivity contribution in [3.05, 3.63) is 0 Å². The van der Waals surface area contributed by atoms with E-state index >= 15 is 0 Å². The van der Waals surface area contributed by atoms with Crippen LogP contribution in [0.3, 0.4) is 0 Å². The number of thiocarbonyl (C=S) groups is 1. The van der Waals surface area contributed by atoms with Gasteiger partial charge in [0.05, 0.1) is 4.99 Å².